The predicted octanol–water partition coefficient (Wildman–Crippen LogP) is 4.30. The van der Waals surface area contributed by atoms with E-state index in [9.17, 15) is 15.0 Å². The zero-order valence-electron chi connectivity index (χ0n) is 16.7. The molecular weight excluding hydrogens is 354 g/mol. The van der Waals surface area contributed by atoms with Crippen LogP contribution in [0.3, 0.4) is 0 Å². The van der Waals surface area contributed by atoms with Crippen molar-refractivity contribution in [3.05, 3.63) is 53.6 Å². The van der Waals surface area contributed by atoms with Gasteiger partial charge in [-0.25, -0.2) is 4.79 Å². The zero-order valence-corrected chi connectivity index (χ0v) is 16.7. The number of phenols is 2. The summed E-state index contributed by atoms with van der Waals surface area (Å²) in [6.45, 7) is 2.97. The van der Waals surface area contributed by atoms with E-state index < -0.39 is 0 Å². The molecule has 0 saturated carbocycles. The molecule has 2 aromatic carbocycles. The number of aromatic hydroxyl groups is 2. The SMILES string of the molecule is CCCCCC(NCCc1ccc(O)cc1)c1ccc(O)c(NC(=O)NC)c1. The molecule has 1 atom stereocenters. The van der Waals surface area contributed by atoms with Crippen LogP contribution >= 0.6 is 0 Å². The molecule has 2 aromatic rings. The van der Waals surface area contributed by atoms with Crippen molar-refractivity contribution in [2.24, 2.45) is 0 Å². The third-order valence-electron chi connectivity index (χ3n) is 4.74. The van der Waals surface area contributed by atoms with Crippen LogP contribution in [0.15, 0.2) is 42.5 Å². The minimum atomic E-state index is -0.365. The molecule has 0 bridgehead atoms. The summed E-state index contributed by atoms with van der Waals surface area (Å²) < 4.78 is 0. The van der Waals surface area contributed by atoms with Crippen LogP contribution in [0.1, 0.15) is 49.8 Å². The summed E-state index contributed by atoms with van der Waals surface area (Å²) in [5.74, 6) is 0.318. The summed E-state index contributed by atoms with van der Waals surface area (Å²) in [6, 6.07) is 12.4. The van der Waals surface area contributed by atoms with E-state index in [1.807, 2.05) is 24.3 Å². The molecule has 2 rings (SSSR count). The van der Waals surface area contributed by atoms with E-state index in [1.54, 1.807) is 18.2 Å². The molecule has 6 nitrogen and oxygen atoms in total. The van der Waals surface area contributed by atoms with Gasteiger partial charge >= 0.3 is 6.03 Å². The second kappa shape index (κ2) is 11.2. The van der Waals surface area contributed by atoms with Crippen LogP contribution in [-0.4, -0.2) is 29.8 Å². The maximum atomic E-state index is 11.6. The number of nitrogens with one attached hydrogen (secondary N) is 3. The minimum Gasteiger partial charge on any atom is -0.508 e. The number of rotatable bonds is 10. The summed E-state index contributed by atoms with van der Waals surface area (Å²) in [5, 5.41) is 28.2. The Labute approximate surface area is 167 Å². The lowest BCUT2D eigenvalue weighted by Crippen LogP contribution is -2.26. The first-order valence-corrected chi connectivity index (χ1v) is 9.86. The normalized spacial score (nSPS) is 11.8. The molecule has 1 unspecified atom stereocenters. The molecule has 0 saturated heterocycles. The molecule has 152 valence electrons. The summed E-state index contributed by atoms with van der Waals surface area (Å²) >= 11 is 0. The quantitative estimate of drug-likeness (QED) is 0.311. The Morgan fingerprint density at radius 3 is 2.50 bits per heavy atom. The van der Waals surface area contributed by atoms with Crippen LogP contribution in [0.4, 0.5) is 10.5 Å². The minimum absolute atomic E-state index is 0.0451. The Kier molecular flexibility index (Phi) is 8.62. The number of carbonyl (C=O) groups excluding carboxylic acids is 1. The van der Waals surface area contributed by atoms with E-state index in [4.69, 9.17) is 0 Å². The van der Waals surface area contributed by atoms with Crippen LogP contribution in [0.25, 0.3) is 0 Å². The number of hydrogen-bond donors (Lipinski definition) is 5. The maximum absolute atomic E-state index is 11.6. The highest BCUT2D eigenvalue weighted by atomic mass is 16.3. The van der Waals surface area contributed by atoms with Gasteiger partial charge in [-0.3, -0.25) is 0 Å². The number of anilines is 1. The van der Waals surface area contributed by atoms with Crippen molar-refractivity contribution in [2.75, 3.05) is 18.9 Å². The zero-order chi connectivity index (χ0) is 20.4. The van der Waals surface area contributed by atoms with Crippen LogP contribution in [0.5, 0.6) is 11.5 Å². The predicted molar refractivity (Wildman–Crippen MR) is 113 cm³/mol. The van der Waals surface area contributed by atoms with Crippen molar-refractivity contribution in [3.63, 3.8) is 0 Å². The lowest BCUT2D eigenvalue weighted by Gasteiger charge is -2.21. The number of phenolic OH excluding ortho intramolecular Hbond substituents is 2. The third-order valence-corrected chi connectivity index (χ3v) is 4.74. The van der Waals surface area contributed by atoms with Gasteiger partial charge in [-0.05, 0) is 54.8 Å². The van der Waals surface area contributed by atoms with Crippen molar-refractivity contribution in [1.29, 1.82) is 0 Å². The van der Waals surface area contributed by atoms with Crippen molar-refractivity contribution in [3.8, 4) is 11.5 Å². The Morgan fingerprint density at radius 2 is 1.82 bits per heavy atom. The molecular formula is C22H31N3O3. The number of carbonyl (C=O) groups is 1. The molecule has 0 aromatic heterocycles. The molecule has 0 aliphatic carbocycles. The number of benzene rings is 2. The second-order valence-electron chi connectivity index (χ2n) is 6.90. The first-order valence-electron chi connectivity index (χ1n) is 9.86. The lowest BCUT2D eigenvalue weighted by molar-refractivity contribution is 0.254. The van der Waals surface area contributed by atoms with Gasteiger partial charge in [-0.15, -0.1) is 0 Å². The summed E-state index contributed by atoms with van der Waals surface area (Å²) in [5.41, 5.74) is 2.59. The highest BCUT2D eigenvalue weighted by Gasteiger charge is 2.14. The van der Waals surface area contributed by atoms with Crippen molar-refractivity contribution in [1.82, 2.24) is 10.6 Å². The molecule has 0 fully saturated rings. The molecule has 0 heterocycles. The van der Waals surface area contributed by atoms with Crippen LogP contribution < -0.4 is 16.0 Å². The first-order chi connectivity index (χ1) is 13.5. The Hall–Kier alpha value is -2.73. The second-order valence-corrected chi connectivity index (χ2v) is 6.90. The van der Waals surface area contributed by atoms with Gasteiger partial charge in [-0.2, -0.15) is 0 Å². The number of hydrogen-bond acceptors (Lipinski definition) is 4. The van der Waals surface area contributed by atoms with E-state index in [0.29, 0.717) is 5.69 Å². The fourth-order valence-corrected chi connectivity index (χ4v) is 3.09. The van der Waals surface area contributed by atoms with Gasteiger partial charge in [-0.1, -0.05) is 44.4 Å². The van der Waals surface area contributed by atoms with Gasteiger partial charge in [0.15, 0.2) is 0 Å². The van der Waals surface area contributed by atoms with E-state index in [-0.39, 0.29) is 23.6 Å². The summed E-state index contributed by atoms with van der Waals surface area (Å²) in [4.78, 5) is 11.6. The largest absolute Gasteiger partial charge is 0.508 e. The molecule has 28 heavy (non-hydrogen) atoms. The lowest BCUT2D eigenvalue weighted by atomic mass is 9.99. The smallest absolute Gasteiger partial charge is 0.319 e. The molecule has 0 radical (unpaired) electrons. The van der Waals surface area contributed by atoms with E-state index in [0.717, 1.165) is 49.8 Å². The first kappa shape index (κ1) is 21.6. The van der Waals surface area contributed by atoms with Crippen LogP contribution in [0.2, 0.25) is 0 Å². The third kappa shape index (κ3) is 6.78. The van der Waals surface area contributed by atoms with Gasteiger partial charge < -0.3 is 26.2 Å². The highest BCUT2D eigenvalue weighted by molar-refractivity contribution is 5.90. The summed E-state index contributed by atoms with van der Waals surface area (Å²) in [7, 11) is 1.54. The van der Waals surface area contributed by atoms with Gasteiger partial charge in [0, 0.05) is 13.1 Å². The van der Waals surface area contributed by atoms with E-state index >= 15 is 0 Å². The standard InChI is InChI=1S/C22H31N3O3/c1-3-4-5-6-19(24-14-13-16-7-10-18(26)11-8-16)17-9-12-21(27)20(15-17)25-22(28)23-2/h7-12,15,19,24,26-27H,3-6,13-14H2,1-2H3,(H2,23,25,28). The Balaban J connectivity index is 2.07. The maximum Gasteiger partial charge on any atom is 0.319 e. The summed E-state index contributed by atoms with van der Waals surface area (Å²) in [6.07, 6.45) is 5.25. The van der Waals surface area contributed by atoms with Crippen LogP contribution in [-0.2, 0) is 6.42 Å². The average Bonchev–Trinajstić information content (AvgIpc) is 2.70. The Bertz CT molecular complexity index is 747. The molecule has 0 aliphatic heterocycles. The molecule has 6 heteroatoms. The fourth-order valence-electron chi connectivity index (χ4n) is 3.09. The van der Waals surface area contributed by atoms with Gasteiger partial charge in [0.2, 0.25) is 0 Å². The average molecular weight is 386 g/mol. The molecule has 0 aliphatic rings. The van der Waals surface area contributed by atoms with Crippen molar-refractivity contribution >= 4 is 11.7 Å². The number of amides is 2. The van der Waals surface area contributed by atoms with Crippen LogP contribution in [0, 0.1) is 0 Å². The van der Waals surface area contributed by atoms with Crippen molar-refractivity contribution < 1.29 is 15.0 Å². The van der Waals surface area contributed by atoms with Gasteiger partial charge in [0.1, 0.15) is 11.5 Å². The Morgan fingerprint density at radius 1 is 1.07 bits per heavy atom. The van der Waals surface area contributed by atoms with E-state index in [1.165, 1.54) is 7.05 Å². The van der Waals surface area contributed by atoms with Gasteiger partial charge in [0.05, 0.1) is 5.69 Å². The monoisotopic (exact) mass is 385 g/mol. The fraction of sp³-hybridized carbons (Fsp3) is 0.409. The number of urea groups is 1. The molecule has 2 amide bonds. The molecule has 5 N–H and O–H groups in total. The van der Waals surface area contributed by atoms with Gasteiger partial charge in [0.25, 0.3) is 0 Å². The topological polar surface area (TPSA) is 93.6 Å². The molecule has 0 spiro atoms. The van der Waals surface area contributed by atoms with Crippen molar-refractivity contribution in [2.45, 2.75) is 45.1 Å². The van der Waals surface area contributed by atoms with E-state index in [2.05, 4.69) is 22.9 Å². The number of unbranched alkanes of at least 4 members (excludes halogenated alkanes) is 2. The highest BCUT2D eigenvalue weighted by Crippen LogP contribution is 2.29.